The van der Waals surface area contributed by atoms with E-state index in [0.717, 1.165) is 38.1 Å². The zero-order valence-electron chi connectivity index (χ0n) is 14.5. The van der Waals surface area contributed by atoms with Gasteiger partial charge in [-0.05, 0) is 56.2 Å². The molecule has 0 aliphatic carbocycles. The van der Waals surface area contributed by atoms with E-state index < -0.39 is 8.87 Å². The summed E-state index contributed by atoms with van der Waals surface area (Å²) in [4.78, 5) is 1.06. The number of hydrogen-bond donors (Lipinski definition) is 0. The van der Waals surface area contributed by atoms with Crippen LogP contribution in [0.3, 0.4) is 0 Å². The molecule has 0 aliphatic heterocycles. The van der Waals surface area contributed by atoms with E-state index in [1.807, 2.05) is 32.9 Å². The maximum Gasteiger partial charge on any atom is 0.234 e. The van der Waals surface area contributed by atoms with E-state index in [1.54, 1.807) is 31.4 Å². The molecule has 0 saturated carbocycles. The molecule has 2 aromatic carbocycles. The van der Waals surface area contributed by atoms with Crippen molar-refractivity contribution in [2.45, 2.75) is 30.6 Å². The van der Waals surface area contributed by atoms with Crippen LogP contribution < -0.4 is 4.74 Å². The van der Waals surface area contributed by atoms with E-state index in [4.69, 9.17) is 7.71 Å². The van der Waals surface area contributed by atoms with E-state index in [1.165, 1.54) is 0 Å². The Morgan fingerprint density at radius 1 is 1.05 bits per heavy atom. The summed E-state index contributed by atoms with van der Waals surface area (Å²) >= 11 is 0. The van der Waals surface area contributed by atoms with E-state index in [2.05, 4.69) is 0 Å². The quantitative estimate of drug-likeness (QED) is 0.784. The largest absolute Gasteiger partial charge is 0.496 e. The molecule has 0 radical (unpaired) electrons. The van der Waals surface area contributed by atoms with Crippen molar-refractivity contribution < 1.29 is 16.1 Å². The van der Waals surface area contributed by atoms with Crippen molar-refractivity contribution in [1.82, 2.24) is 0 Å². The van der Waals surface area contributed by atoms with Gasteiger partial charge < -0.3 is 4.74 Å². The van der Waals surface area contributed by atoms with Gasteiger partial charge in [-0.1, -0.05) is 17.7 Å². The lowest BCUT2D eigenvalue weighted by Gasteiger charge is -2.11. The number of benzene rings is 2. The fourth-order valence-electron chi connectivity index (χ4n) is 1.94. The van der Waals surface area contributed by atoms with Crippen molar-refractivity contribution in [3.8, 4) is 5.75 Å². The molecule has 0 bridgehead atoms. The van der Waals surface area contributed by atoms with Crippen molar-refractivity contribution in [3.63, 3.8) is 0 Å². The summed E-state index contributed by atoms with van der Waals surface area (Å²) in [6.45, 7) is 5.72. The number of ether oxygens (including phenoxy) is 1. The molecule has 0 saturated heterocycles. The molecule has 0 unspecified atom stereocenters. The van der Waals surface area contributed by atoms with Crippen LogP contribution in [0.1, 0.15) is 19.7 Å². The van der Waals surface area contributed by atoms with Crippen LogP contribution in [0, 0.1) is 20.8 Å². The molecule has 0 heterocycles. The third kappa shape index (κ3) is 3.60. The highest BCUT2D eigenvalue weighted by molar-refractivity contribution is 8.72. The summed E-state index contributed by atoms with van der Waals surface area (Å²) in [5.74, 6) is 0.768. The first-order chi connectivity index (χ1) is 10.8. The minimum absolute atomic E-state index is 0.325. The monoisotopic (exact) mass is 326 g/mol. The predicted octanol–water partition coefficient (Wildman–Crippen LogP) is 4.35. The predicted molar refractivity (Wildman–Crippen MR) is 88.8 cm³/mol. The van der Waals surface area contributed by atoms with Crippen LogP contribution in [-0.4, -0.2) is 15.5 Å². The zero-order chi connectivity index (χ0) is 17.6. The van der Waals surface area contributed by atoms with Gasteiger partial charge in [-0.2, -0.15) is 0 Å². The molecule has 5 heteroatoms. The van der Waals surface area contributed by atoms with Crippen molar-refractivity contribution >= 4 is 19.7 Å². The van der Waals surface area contributed by atoms with E-state index in [9.17, 15) is 8.42 Å². The molecule has 2 rings (SSSR count). The smallest absolute Gasteiger partial charge is 0.234 e. The SMILES string of the molecule is COc1cc(C)c(SS(=O)(=O)c2ccc(C)cc2)cc1C.[2H][2H]. The Morgan fingerprint density at radius 3 is 2.24 bits per heavy atom. The Labute approximate surface area is 132 Å². The second kappa shape index (κ2) is 6.12. The fraction of sp³-hybridized carbons (Fsp3) is 0.250. The molecule has 21 heavy (non-hydrogen) atoms. The lowest BCUT2D eigenvalue weighted by Crippen LogP contribution is -1.97. The first kappa shape index (κ1) is 14.5. The van der Waals surface area contributed by atoms with Crippen LogP contribution in [0.4, 0.5) is 0 Å². The second-order valence-corrected chi connectivity index (χ2v) is 8.74. The summed E-state index contributed by atoms with van der Waals surface area (Å²) in [5.41, 5.74) is 2.85. The Morgan fingerprint density at radius 2 is 1.67 bits per heavy atom. The first-order valence-corrected chi connectivity index (χ1v) is 9.31. The maximum atomic E-state index is 12.5. The van der Waals surface area contributed by atoms with Gasteiger partial charge in [-0.25, -0.2) is 8.42 Å². The molecule has 0 amide bonds. The lowest BCUT2D eigenvalue weighted by atomic mass is 10.1. The van der Waals surface area contributed by atoms with E-state index in [0.29, 0.717) is 4.90 Å². The Hall–Kier alpha value is -1.46. The van der Waals surface area contributed by atoms with Crippen molar-refractivity contribution in [2.24, 2.45) is 0 Å². The average molecular weight is 326 g/mol. The Bertz CT molecular complexity index is 758. The molecule has 0 fully saturated rings. The van der Waals surface area contributed by atoms with Crippen LogP contribution in [0.5, 0.6) is 5.75 Å². The third-order valence-electron chi connectivity index (χ3n) is 3.20. The van der Waals surface area contributed by atoms with Gasteiger partial charge in [0, 0.05) is 18.7 Å². The van der Waals surface area contributed by atoms with Gasteiger partial charge in [0.1, 0.15) is 5.75 Å². The number of hydrogen-bond acceptors (Lipinski definition) is 4. The Kier molecular flexibility index (Phi) is 4.22. The molecule has 2 aromatic rings. The second-order valence-electron chi connectivity index (χ2n) is 4.94. The summed E-state index contributed by atoms with van der Waals surface area (Å²) < 4.78 is 40.2. The highest BCUT2D eigenvalue weighted by Crippen LogP contribution is 2.35. The fourth-order valence-corrected chi connectivity index (χ4v) is 5.03. The van der Waals surface area contributed by atoms with Crippen LogP contribution in [-0.2, 0) is 8.87 Å². The normalized spacial score (nSPS) is 11.8. The van der Waals surface area contributed by atoms with Crippen LogP contribution in [0.25, 0.3) is 0 Å². The molecule has 0 aromatic heterocycles. The van der Waals surface area contributed by atoms with Crippen LogP contribution in [0.2, 0.25) is 0 Å². The van der Waals surface area contributed by atoms with Crippen molar-refractivity contribution in [3.05, 3.63) is 53.1 Å². The van der Waals surface area contributed by atoms with Crippen molar-refractivity contribution in [1.29, 1.82) is 0 Å². The highest BCUT2D eigenvalue weighted by Gasteiger charge is 2.18. The van der Waals surface area contributed by atoms with Gasteiger partial charge in [-0.3, -0.25) is 0 Å². The van der Waals surface area contributed by atoms with Gasteiger partial charge in [-0.15, -0.1) is 0 Å². The zero-order valence-corrected chi connectivity index (χ0v) is 14.1. The molecule has 3 nitrogen and oxygen atoms in total. The maximum absolute atomic E-state index is 12.5. The highest BCUT2D eigenvalue weighted by atomic mass is 33.1. The summed E-state index contributed by atoms with van der Waals surface area (Å²) in [5, 5.41) is 0. The molecular weight excluding hydrogens is 304 g/mol. The van der Waals surface area contributed by atoms with Crippen LogP contribution >= 0.6 is 10.8 Å². The van der Waals surface area contributed by atoms with Gasteiger partial charge in [0.05, 0.1) is 12.0 Å². The number of rotatable bonds is 4. The molecule has 0 atom stereocenters. The summed E-state index contributed by atoms with van der Waals surface area (Å²) in [6.07, 6.45) is 0. The number of aryl methyl sites for hydroxylation is 3. The van der Waals surface area contributed by atoms with Crippen molar-refractivity contribution in [2.75, 3.05) is 7.11 Å². The molecular formula is C16H20O3S2. The van der Waals surface area contributed by atoms with Gasteiger partial charge >= 0.3 is 0 Å². The molecule has 0 spiro atoms. The van der Waals surface area contributed by atoms with Gasteiger partial charge in [0.15, 0.2) is 0 Å². The van der Waals surface area contributed by atoms with E-state index in [-0.39, 0.29) is 0 Å². The third-order valence-corrected chi connectivity index (χ3v) is 6.66. The summed E-state index contributed by atoms with van der Waals surface area (Å²) in [7, 11) is -0.923. The number of methoxy groups -OCH3 is 1. The summed E-state index contributed by atoms with van der Waals surface area (Å²) in [6, 6.07) is 10.6. The Balaban J connectivity index is 0.00000127. The van der Waals surface area contributed by atoms with Gasteiger partial charge in [0.2, 0.25) is 8.87 Å². The standard InChI is InChI=1S/C16H18O3S2.H2/c1-11-5-7-14(8-6-11)21(17,18)20-16-10-12(2)15(19-4)9-13(16)3;/h5-10H,1-4H3;1H/i;1+1D. The molecule has 0 N–H and O–H groups in total. The van der Waals surface area contributed by atoms with Crippen LogP contribution in [0.15, 0.2) is 46.2 Å². The molecule has 114 valence electrons. The lowest BCUT2D eigenvalue weighted by molar-refractivity contribution is 0.411. The van der Waals surface area contributed by atoms with Gasteiger partial charge in [0.25, 0.3) is 0 Å². The van der Waals surface area contributed by atoms with E-state index >= 15 is 0 Å². The minimum atomic E-state index is -3.41. The molecule has 0 aliphatic rings. The first-order valence-electron chi connectivity index (χ1n) is 7.50. The average Bonchev–Trinajstić information content (AvgIpc) is 2.52. The minimum Gasteiger partial charge on any atom is -0.496 e. The topological polar surface area (TPSA) is 43.4 Å².